The largest absolute Gasteiger partial charge is 0.435 e. The van der Waals surface area contributed by atoms with Crippen molar-refractivity contribution in [2.24, 2.45) is 0 Å². The van der Waals surface area contributed by atoms with Gasteiger partial charge in [-0.3, -0.25) is 4.98 Å². The molecule has 0 radical (unpaired) electrons. The van der Waals surface area contributed by atoms with Crippen LogP contribution in [0.2, 0.25) is 0 Å². The number of aryl methyl sites for hydroxylation is 1. The number of nitrogens with zero attached hydrogens (tertiary/aromatic N) is 4. The lowest BCUT2D eigenvalue weighted by Gasteiger charge is -2.12. The molecule has 3 aromatic heterocycles. The van der Waals surface area contributed by atoms with Gasteiger partial charge in [0, 0.05) is 12.4 Å². The van der Waals surface area contributed by atoms with E-state index in [9.17, 15) is 13.2 Å². The van der Waals surface area contributed by atoms with E-state index in [2.05, 4.69) is 15.1 Å². The average molecular weight is 293 g/mol. The Balaban J connectivity index is 2.32. The molecule has 3 rings (SSSR count). The van der Waals surface area contributed by atoms with Crippen LogP contribution in [0.4, 0.5) is 18.9 Å². The van der Waals surface area contributed by atoms with Gasteiger partial charge in [-0.05, 0) is 25.1 Å². The number of aromatic nitrogens is 4. The smallest absolute Gasteiger partial charge is 0.397 e. The number of nitrogens with two attached hydrogens (primary N) is 1. The van der Waals surface area contributed by atoms with Crippen LogP contribution in [0, 0.1) is 6.92 Å². The molecule has 21 heavy (non-hydrogen) atoms. The summed E-state index contributed by atoms with van der Waals surface area (Å²) in [5.74, 6) is 0. The van der Waals surface area contributed by atoms with E-state index in [4.69, 9.17) is 5.73 Å². The molecular weight excluding hydrogens is 283 g/mol. The standard InChI is InChI=1S/C13H10F3N5/c1-7-10-11(8(17)4-6-18-10)20-21(7)9-3-2-5-19-12(9)13(14,15)16/h2-6H,17H2,1H3. The molecule has 0 aliphatic carbocycles. The Morgan fingerprint density at radius 3 is 2.52 bits per heavy atom. The molecule has 0 bridgehead atoms. The molecule has 0 fully saturated rings. The van der Waals surface area contributed by atoms with Crippen LogP contribution in [0.15, 0.2) is 30.6 Å². The third kappa shape index (κ3) is 2.08. The van der Waals surface area contributed by atoms with Gasteiger partial charge in [-0.1, -0.05) is 0 Å². The van der Waals surface area contributed by atoms with E-state index in [0.29, 0.717) is 22.4 Å². The minimum absolute atomic E-state index is 0.153. The summed E-state index contributed by atoms with van der Waals surface area (Å²) in [7, 11) is 0. The lowest BCUT2D eigenvalue weighted by atomic mass is 10.2. The van der Waals surface area contributed by atoms with E-state index in [1.807, 2.05) is 0 Å². The molecule has 0 amide bonds. The monoisotopic (exact) mass is 293 g/mol. The molecule has 2 N–H and O–H groups in total. The molecule has 0 saturated heterocycles. The maximum Gasteiger partial charge on any atom is 0.435 e. The first-order valence-electron chi connectivity index (χ1n) is 6.02. The van der Waals surface area contributed by atoms with Gasteiger partial charge in [0.1, 0.15) is 11.0 Å². The molecule has 0 unspecified atom stereocenters. The molecule has 0 aliphatic heterocycles. The molecule has 0 spiro atoms. The van der Waals surface area contributed by atoms with Crippen LogP contribution in [-0.4, -0.2) is 19.7 Å². The fraction of sp³-hybridized carbons (Fsp3) is 0.154. The number of pyridine rings is 2. The molecular formula is C13H10F3N5. The number of hydrogen-bond acceptors (Lipinski definition) is 4. The maximum atomic E-state index is 13.1. The first-order valence-corrected chi connectivity index (χ1v) is 6.02. The third-order valence-corrected chi connectivity index (χ3v) is 3.10. The number of halogens is 3. The Hall–Kier alpha value is -2.64. The second kappa shape index (κ2) is 4.44. The van der Waals surface area contributed by atoms with Crippen LogP contribution < -0.4 is 5.73 Å². The summed E-state index contributed by atoms with van der Waals surface area (Å²) in [5.41, 5.74) is 6.29. The molecule has 0 aliphatic rings. The Morgan fingerprint density at radius 2 is 1.86 bits per heavy atom. The second-order valence-corrected chi connectivity index (χ2v) is 4.46. The molecule has 5 nitrogen and oxygen atoms in total. The van der Waals surface area contributed by atoms with Crippen LogP contribution >= 0.6 is 0 Å². The predicted molar refractivity (Wildman–Crippen MR) is 70.8 cm³/mol. The number of nitrogen functional groups attached to an aromatic ring is 1. The van der Waals surface area contributed by atoms with E-state index >= 15 is 0 Å². The van der Waals surface area contributed by atoms with Crippen molar-refractivity contribution >= 4 is 16.7 Å². The van der Waals surface area contributed by atoms with Gasteiger partial charge in [-0.2, -0.15) is 18.3 Å². The lowest BCUT2D eigenvalue weighted by molar-refractivity contribution is -0.141. The Bertz CT molecular complexity index is 822. The van der Waals surface area contributed by atoms with E-state index in [0.717, 1.165) is 6.20 Å². The summed E-state index contributed by atoms with van der Waals surface area (Å²) in [6.07, 6.45) is -1.98. The van der Waals surface area contributed by atoms with E-state index in [1.165, 1.54) is 23.0 Å². The van der Waals surface area contributed by atoms with E-state index in [1.54, 1.807) is 13.0 Å². The number of alkyl halides is 3. The first-order chi connectivity index (χ1) is 9.89. The van der Waals surface area contributed by atoms with Gasteiger partial charge in [-0.25, -0.2) is 9.67 Å². The van der Waals surface area contributed by atoms with Crippen LogP contribution in [-0.2, 0) is 6.18 Å². The Labute approximate surface area is 117 Å². The maximum absolute atomic E-state index is 13.1. The summed E-state index contributed by atoms with van der Waals surface area (Å²) in [4.78, 5) is 7.54. The topological polar surface area (TPSA) is 69.6 Å². The SMILES string of the molecule is Cc1c2nccc(N)c2nn1-c1cccnc1C(F)(F)F. The summed E-state index contributed by atoms with van der Waals surface area (Å²) in [5, 5.41) is 4.15. The fourth-order valence-electron chi connectivity index (χ4n) is 2.13. The van der Waals surface area contributed by atoms with Crippen LogP contribution in [0.3, 0.4) is 0 Å². The van der Waals surface area contributed by atoms with Gasteiger partial charge in [0.15, 0.2) is 5.69 Å². The summed E-state index contributed by atoms with van der Waals surface area (Å²) < 4.78 is 40.3. The minimum Gasteiger partial charge on any atom is -0.397 e. The number of fused-ring (bicyclic) bond motifs is 1. The normalized spacial score (nSPS) is 12.0. The van der Waals surface area contributed by atoms with Gasteiger partial charge in [0.25, 0.3) is 0 Å². The molecule has 0 aromatic carbocycles. The number of rotatable bonds is 1. The zero-order valence-electron chi connectivity index (χ0n) is 10.9. The van der Waals surface area contributed by atoms with Crippen molar-refractivity contribution in [3.63, 3.8) is 0 Å². The van der Waals surface area contributed by atoms with Gasteiger partial charge in [-0.15, -0.1) is 0 Å². The highest BCUT2D eigenvalue weighted by molar-refractivity contribution is 5.88. The molecule has 0 saturated carbocycles. The molecule has 0 atom stereocenters. The average Bonchev–Trinajstić information content (AvgIpc) is 2.77. The summed E-state index contributed by atoms with van der Waals surface area (Å²) in [6, 6.07) is 4.28. The zero-order chi connectivity index (χ0) is 15.2. The predicted octanol–water partition coefficient (Wildman–Crippen LogP) is 2.72. The van der Waals surface area contributed by atoms with E-state index in [-0.39, 0.29) is 5.69 Å². The van der Waals surface area contributed by atoms with Gasteiger partial charge in [0.2, 0.25) is 0 Å². The van der Waals surface area contributed by atoms with Crippen molar-refractivity contribution in [2.75, 3.05) is 5.73 Å². The Kier molecular flexibility index (Phi) is 2.82. The highest BCUT2D eigenvalue weighted by atomic mass is 19.4. The van der Waals surface area contributed by atoms with Gasteiger partial charge in [0.05, 0.1) is 17.1 Å². The van der Waals surface area contributed by atoms with E-state index < -0.39 is 11.9 Å². The highest BCUT2D eigenvalue weighted by Crippen LogP contribution is 2.33. The van der Waals surface area contributed by atoms with Crippen molar-refractivity contribution in [3.8, 4) is 5.69 Å². The summed E-state index contributed by atoms with van der Waals surface area (Å²) >= 11 is 0. The molecule has 3 aromatic rings. The fourth-order valence-corrected chi connectivity index (χ4v) is 2.13. The first kappa shape index (κ1) is 13.3. The van der Waals surface area contributed by atoms with Crippen LogP contribution in [0.1, 0.15) is 11.4 Å². The molecule has 8 heteroatoms. The van der Waals surface area contributed by atoms with Crippen molar-refractivity contribution in [1.29, 1.82) is 0 Å². The Morgan fingerprint density at radius 1 is 1.10 bits per heavy atom. The van der Waals surface area contributed by atoms with Crippen molar-refractivity contribution in [3.05, 3.63) is 42.0 Å². The summed E-state index contributed by atoms with van der Waals surface area (Å²) in [6.45, 7) is 1.63. The van der Waals surface area contributed by atoms with Crippen molar-refractivity contribution in [1.82, 2.24) is 19.7 Å². The molecule has 108 valence electrons. The highest BCUT2D eigenvalue weighted by Gasteiger charge is 2.36. The number of hydrogen-bond donors (Lipinski definition) is 1. The van der Waals surface area contributed by atoms with Gasteiger partial charge >= 0.3 is 6.18 Å². The molecule has 3 heterocycles. The minimum atomic E-state index is -4.57. The quantitative estimate of drug-likeness (QED) is 0.749. The zero-order valence-corrected chi connectivity index (χ0v) is 10.9. The lowest BCUT2D eigenvalue weighted by Crippen LogP contribution is -2.14. The number of anilines is 1. The second-order valence-electron chi connectivity index (χ2n) is 4.46. The van der Waals surface area contributed by atoms with Crippen LogP contribution in [0.25, 0.3) is 16.7 Å². The van der Waals surface area contributed by atoms with Gasteiger partial charge < -0.3 is 5.73 Å². The van der Waals surface area contributed by atoms with Crippen molar-refractivity contribution in [2.45, 2.75) is 13.1 Å². The third-order valence-electron chi connectivity index (χ3n) is 3.10. The van der Waals surface area contributed by atoms with Crippen molar-refractivity contribution < 1.29 is 13.2 Å². The van der Waals surface area contributed by atoms with Crippen LogP contribution in [0.5, 0.6) is 0 Å².